The zero-order valence-electron chi connectivity index (χ0n) is 9.66. The van der Waals surface area contributed by atoms with Crippen LogP contribution in [0.2, 0.25) is 0 Å². The number of hydrogen-bond acceptors (Lipinski definition) is 3. The average molecular weight is 225 g/mol. The van der Waals surface area contributed by atoms with E-state index in [1.165, 1.54) is 24.6 Å². The van der Waals surface area contributed by atoms with Gasteiger partial charge in [-0.15, -0.1) is 0 Å². The summed E-state index contributed by atoms with van der Waals surface area (Å²) in [6, 6.07) is 0.393. The van der Waals surface area contributed by atoms with Crippen molar-refractivity contribution in [3.63, 3.8) is 0 Å². The van der Waals surface area contributed by atoms with Crippen molar-refractivity contribution in [1.82, 2.24) is 5.32 Å². The molecule has 1 aliphatic rings. The molecule has 0 heterocycles. The molecule has 0 aromatic heterocycles. The van der Waals surface area contributed by atoms with Crippen LogP contribution in [0.4, 0.5) is 0 Å². The van der Waals surface area contributed by atoms with Crippen LogP contribution < -0.4 is 5.32 Å². The zero-order valence-corrected chi connectivity index (χ0v) is 10.5. The molecule has 84 valence electrons. The fourth-order valence-corrected chi connectivity index (χ4v) is 2.56. The number of aliphatic imine (C=N–C) groups is 1. The predicted octanol–water partition coefficient (Wildman–Crippen LogP) is 2.60. The molecule has 0 radical (unpaired) electrons. The largest absolute Gasteiger partial charge is 0.272 e. The SMILES string of the molecule is CSC(=NC1CCC(C)CC1C)NC#N. The molecule has 3 nitrogen and oxygen atoms in total. The van der Waals surface area contributed by atoms with Gasteiger partial charge in [-0.2, -0.15) is 5.26 Å². The van der Waals surface area contributed by atoms with Gasteiger partial charge in [-0.1, -0.05) is 25.6 Å². The van der Waals surface area contributed by atoms with Crippen molar-refractivity contribution in [3.8, 4) is 6.19 Å². The molecule has 1 aliphatic carbocycles. The third kappa shape index (κ3) is 3.75. The Morgan fingerprint density at radius 1 is 1.47 bits per heavy atom. The van der Waals surface area contributed by atoms with E-state index in [2.05, 4.69) is 24.2 Å². The highest BCUT2D eigenvalue weighted by Crippen LogP contribution is 2.30. The van der Waals surface area contributed by atoms with E-state index in [9.17, 15) is 0 Å². The zero-order chi connectivity index (χ0) is 11.3. The second-order valence-corrected chi connectivity index (χ2v) is 5.13. The lowest BCUT2D eigenvalue weighted by atomic mass is 9.80. The van der Waals surface area contributed by atoms with Crippen molar-refractivity contribution >= 4 is 16.9 Å². The van der Waals surface area contributed by atoms with Crippen molar-refractivity contribution in [2.24, 2.45) is 16.8 Å². The van der Waals surface area contributed by atoms with Crippen molar-refractivity contribution in [2.75, 3.05) is 6.26 Å². The lowest BCUT2D eigenvalue weighted by molar-refractivity contribution is 0.265. The van der Waals surface area contributed by atoms with Gasteiger partial charge in [-0.25, -0.2) is 0 Å². The lowest BCUT2D eigenvalue weighted by Crippen LogP contribution is -2.27. The van der Waals surface area contributed by atoms with Gasteiger partial charge in [-0.3, -0.25) is 10.3 Å². The molecule has 1 rings (SSSR count). The Labute approximate surface area is 96.3 Å². The molecule has 0 aromatic carbocycles. The summed E-state index contributed by atoms with van der Waals surface area (Å²) in [4.78, 5) is 4.61. The number of rotatable bonds is 1. The van der Waals surface area contributed by atoms with E-state index < -0.39 is 0 Å². The van der Waals surface area contributed by atoms with E-state index in [-0.39, 0.29) is 0 Å². The molecule has 0 amide bonds. The van der Waals surface area contributed by atoms with Gasteiger partial charge in [0.05, 0.1) is 6.04 Å². The Balaban J connectivity index is 2.59. The molecule has 0 saturated heterocycles. The fourth-order valence-electron chi connectivity index (χ4n) is 2.18. The minimum absolute atomic E-state index is 0.393. The van der Waals surface area contributed by atoms with Gasteiger partial charge in [0, 0.05) is 0 Å². The summed E-state index contributed by atoms with van der Waals surface area (Å²) in [5.41, 5.74) is 0. The maximum atomic E-state index is 8.55. The summed E-state index contributed by atoms with van der Waals surface area (Å²) in [5.74, 6) is 1.46. The molecule has 1 fully saturated rings. The van der Waals surface area contributed by atoms with Crippen LogP contribution >= 0.6 is 11.8 Å². The first kappa shape index (κ1) is 12.4. The second-order valence-electron chi connectivity index (χ2n) is 4.34. The lowest BCUT2D eigenvalue weighted by Gasteiger charge is -2.30. The van der Waals surface area contributed by atoms with Crippen LogP contribution in [0.25, 0.3) is 0 Å². The van der Waals surface area contributed by atoms with E-state index >= 15 is 0 Å². The third-order valence-electron chi connectivity index (χ3n) is 3.03. The van der Waals surface area contributed by atoms with Gasteiger partial charge in [0.15, 0.2) is 11.4 Å². The minimum atomic E-state index is 0.393. The third-order valence-corrected chi connectivity index (χ3v) is 3.62. The summed E-state index contributed by atoms with van der Waals surface area (Å²) in [7, 11) is 0. The standard InChI is InChI=1S/C11H19N3S/c1-8-4-5-10(9(2)6-8)14-11(15-3)13-7-12/h8-10H,4-6H2,1-3H3,(H,13,14). The average Bonchev–Trinajstić information content (AvgIpc) is 2.21. The quantitative estimate of drug-likeness (QED) is 0.323. The smallest absolute Gasteiger partial charge is 0.183 e. The number of thioether (sulfide) groups is 1. The van der Waals surface area contributed by atoms with Gasteiger partial charge in [0.25, 0.3) is 0 Å². The molecule has 0 bridgehead atoms. The van der Waals surface area contributed by atoms with Crippen LogP contribution in [0, 0.1) is 23.3 Å². The Hall–Kier alpha value is -0.690. The second kappa shape index (κ2) is 6.02. The Bertz CT molecular complexity index is 269. The molecule has 1 saturated carbocycles. The normalized spacial score (nSPS) is 32.1. The predicted molar refractivity (Wildman–Crippen MR) is 65.7 cm³/mol. The molecule has 3 atom stereocenters. The van der Waals surface area contributed by atoms with E-state index in [1.54, 1.807) is 0 Å². The number of nitriles is 1. The van der Waals surface area contributed by atoms with Crippen LogP contribution in [0.1, 0.15) is 33.1 Å². The molecule has 15 heavy (non-hydrogen) atoms. The fraction of sp³-hybridized carbons (Fsp3) is 0.818. The van der Waals surface area contributed by atoms with Crippen LogP contribution in [0.15, 0.2) is 4.99 Å². The van der Waals surface area contributed by atoms with Crippen LogP contribution in [-0.2, 0) is 0 Å². The highest BCUT2D eigenvalue weighted by molar-refractivity contribution is 8.13. The molecular formula is C11H19N3S. The maximum absolute atomic E-state index is 8.55. The van der Waals surface area contributed by atoms with Gasteiger partial charge in [-0.05, 0) is 37.4 Å². The Morgan fingerprint density at radius 2 is 2.20 bits per heavy atom. The molecule has 3 unspecified atom stereocenters. The van der Waals surface area contributed by atoms with Crippen molar-refractivity contribution in [3.05, 3.63) is 0 Å². The van der Waals surface area contributed by atoms with Crippen molar-refractivity contribution in [2.45, 2.75) is 39.2 Å². The van der Waals surface area contributed by atoms with Crippen molar-refractivity contribution < 1.29 is 0 Å². The van der Waals surface area contributed by atoms with E-state index in [0.717, 1.165) is 17.5 Å². The van der Waals surface area contributed by atoms with Gasteiger partial charge >= 0.3 is 0 Å². The van der Waals surface area contributed by atoms with E-state index in [0.29, 0.717) is 12.0 Å². The highest BCUT2D eigenvalue weighted by Gasteiger charge is 2.25. The van der Waals surface area contributed by atoms with Gasteiger partial charge in [0.2, 0.25) is 0 Å². The first-order valence-electron chi connectivity index (χ1n) is 5.44. The minimum Gasteiger partial charge on any atom is -0.272 e. The molecule has 0 aliphatic heterocycles. The number of hydrogen-bond donors (Lipinski definition) is 1. The summed E-state index contributed by atoms with van der Waals surface area (Å²) in [5, 5.41) is 11.9. The monoisotopic (exact) mass is 225 g/mol. The van der Waals surface area contributed by atoms with Crippen molar-refractivity contribution in [1.29, 1.82) is 5.26 Å². The van der Waals surface area contributed by atoms with Gasteiger partial charge in [0.1, 0.15) is 0 Å². The first-order chi connectivity index (χ1) is 7.17. The number of nitrogens with one attached hydrogen (secondary N) is 1. The van der Waals surface area contributed by atoms with Crippen LogP contribution in [-0.4, -0.2) is 17.5 Å². The number of amidine groups is 1. The Morgan fingerprint density at radius 3 is 2.73 bits per heavy atom. The maximum Gasteiger partial charge on any atom is 0.183 e. The first-order valence-corrected chi connectivity index (χ1v) is 6.66. The summed E-state index contributed by atoms with van der Waals surface area (Å²) in [6.45, 7) is 4.56. The molecule has 0 aromatic rings. The highest BCUT2D eigenvalue weighted by atomic mass is 32.2. The molecular weight excluding hydrogens is 206 g/mol. The topological polar surface area (TPSA) is 48.2 Å². The van der Waals surface area contributed by atoms with Crippen LogP contribution in [0.3, 0.4) is 0 Å². The Kier molecular flexibility index (Phi) is 4.97. The molecule has 0 spiro atoms. The molecule has 4 heteroatoms. The van der Waals surface area contributed by atoms with E-state index in [1.807, 2.05) is 12.4 Å². The van der Waals surface area contributed by atoms with Gasteiger partial charge < -0.3 is 0 Å². The summed E-state index contributed by atoms with van der Waals surface area (Å²) in [6.07, 6.45) is 7.54. The van der Waals surface area contributed by atoms with Crippen LogP contribution in [0.5, 0.6) is 0 Å². The van der Waals surface area contributed by atoms with E-state index in [4.69, 9.17) is 5.26 Å². The summed E-state index contributed by atoms with van der Waals surface area (Å²) < 4.78 is 0. The molecule has 1 N–H and O–H groups in total. The number of nitrogens with zero attached hydrogens (tertiary/aromatic N) is 2. The summed E-state index contributed by atoms with van der Waals surface area (Å²) >= 11 is 1.51.